The number of nitrogens with zero attached hydrogens (tertiary/aromatic N) is 2. The monoisotopic (exact) mass is 353 g/mol. The summed E-state index contributed by atoms with van der Waals surface area (Å²) in [5.41, 5.74) is 3.73. The van der Waals surface area contributed by atoms with Crippen LogP contribution in [0.15, 0.2) is 59.1 Å². The van der Waals surface area contributed by atoms with Gasteiger partial charge < -0.3 is 14.7 Å². The van der Waals surface area contributed by atoms with Gasteiger partial charge in [-0.15, -0.1) is 0 Å². The van der Waals surface area contributed by atoms with E-state index in [9.17, 15) is 4.39 Å². The van der Waals surface area contributed by atoms with E-state index in [1.54, 1.807) is 12.1 Å². The zero-order valence-corrected chi connectivity index (χ0v) is 14.2. The average Bonchev–Trinajstić information content (AvgIpc) is 3.06. The molecule has 4 nitrogen and oxygen atoms in total. The van der Waals surface area contributed by atoms with E-state index in [-0.39, 0.29) is 5.82 Å². The Morgan fingerprint density at radius 2 is 1.88 bits per heavy atom. The van der Waals surface area contributed by atoms with Gasteiger partial charge in [-0.2, -0.15) is 0 Å². The van der Waals surface area contributed by atoms with Crippen molar-refractivity contribution in [1.82, 2.24) is 10.1 Å². The second-order valence-electron chi connectivity index (χ2n) is 5.91. The molecule has 0 saturated carbocycles. The molecule has 1 aromatic heterocycles. The number of para-hydroxylation sites is 1. The quantitative estimate of drug-likeness (QED) is 0.698. The minimum atomic E-state index is -0.271. The van der Waals surface area contributed by atoms with E-state index in [2.05, 4.69) is 15.4 Å². The number of fused-ring (bicyclic) bond motifs is 1. The molecule has 0 amide bonds. The minimum Gasteiger partial charge on any atom is -0.356 e. The fourth-order valence-corrected chi connectivity index (χ4v) is 3.21. The molecule has 0 unspecified atom stereocenters. The molecule has 2 aromatic carbocycles. The number of hydrogen-bond acceptors (Lipinski definition) is 3. The van der Waals surface area contributed by atoms with E-state index in [4.69, 9.17) is 16.7 Å². The maximum atomic E-state index is 13.2. The van der Waals surface area contributed by atoms with Gasteiger partial charge in [-0.1, -0.05) is 23.4 Å². The molecule has 2 heterocycles. The fourth-order valence-electron chi connectivity index (χ4n) is 2.94. The summed E-state index contributed by atoms with van der Waals surface area (Å²) in [6.07, 6.45) is 0.761. The number of nitrogens with one attached hydrogen (secondary N) is 1. The van der Waals surface area contributed by atoms with Gasteiger partial charge >= 0.3 is 0 Å². The van der Waals surface area contributed by atoms with Crippen LogP contribution in [-0.4, -0.2) is 21.7 Å². The van der Waals surface area contributed by atoms with Gasteiger partial charge in [0.05, 0.1) is 12.2 Å². The molecule has 0 atom stereocenters. The van der Waals surface area contributed by atoms with Gasteiger partial charge in [0, 0.05) is 29.8 Å². The minimum absolute atomic E-state index is 0.271. The van der Waals surface area contributed by atoms with Crippen molar-refractivity contribution in [1.29, 1.82) is 0 Å². The largest absolute Gasteiger partial charge is 0.356 e. The van der Waals surface area contributed by atoms with E-state index >= 15 is 0 Å². The van der Waals surface area contributed by atoms with Gasteiger partial charge in [0.1, 0.15) is 5.82 Å². The molecule has 25 heavy (non-hydrogen) atoms. The first kappa shape index (κ1) is 15.8. The molecular formula is C19H16FN3OS. The Hall–Kier alpha value is -2.73. The Labute approximate surface area is 150 Å². The first-order valence-electron chi connectivity index (χ1n) is 8.05. The number of aromatic nitrogens is 1. The molecule has 0 radical (unpaired) electrons. The lowest BCUT2D eigenvalue weighted by molar-refractivity contribution is 0.392. The van der Waals surface area contributed by atoms with Crippen molar-refractivity contribution in [3.8, 4) is 11.3 Å². The summed E-state index contributed by atoms with van der Waals surface area (Å²) in [7, 11) is 0. The normalized spacial score (nSPS) is 13.4. The van der Waals surface area contributed by atoms with Crippen LogP contribution in [0.25, 0.3) is 11.3 Å². The number of rotatable bonds is 2. The molecule has 0 saturated heterocycles. The molecule has 0 fully saturated rings. The zero-order chi connectivity index (χ0) is 17.2. The molecule has 4 rings (SSSR count). The number of halogens is 1. The third-order valence-electron chi connectivity index (χ3n) is 4.26. The number of benzene rings is 2. The summed E-state index contributed by atoms with van der Waals surface area (Å²) in [6.45, 7) is 1.39. The van der Waals surface area contributed by atoms with Crippen LogP contribution in [0.3, 0.4) is 0 Å². The predicted molar refractivity (Wildman–Crippen MR) is 98.7 cm³/mol. The van der Waals surface area contributed by atoms with E-state index < -0.39 is 0 Å². The summed E-state index contributed by atoms with van der Waals surface area (Å²) < 4.78 is 18.7. The van der Waals surface area contributed by atoms with Crippen LogP contribution in [0.4, 0.5) is 10.1 Å². The molecule has 0 aliphatic carbocycles. The zero-order valence-electron chi connectivity index (χ0n) is 13.4. The van der Waals surface area contributed by atoms with Crippen molar-refractivity contribution in [2.45, 2.75) is 13.0 Å². The average molecular weight is 353 g/mol. The van der Waals surface area contributed by atoms with Crippen molar-refractivity contribution >= 4 is 23.0 Å². The first-order chi connectivity index (χ1) is 12.2. The van der Waals surface area contributed by atoms with Crippen molar-refractivity contribution in [3.05, 3.63) is 71.7 Å². The molecule has 0 bridgehead atoms. The first-order valence-corrected chi connectivity index (χ1v) is 8.46. The predicted octanol–water partition coefficient (Wildman–Crippen LogP) is 4.24. The highest BCUT2D eigenvalue weighted by atomic mass is 32.1. The molecular weight excluding hydrogens is 337 g/mol. The molecule has 1 aliphatic rings. The SMILES string of the molecule is Fc1ccc(-c2onc3c2CN(C(=S)Nc2ccccc2)CC3)cc1. The van der Waals surface area contributed by atoms with Gasteiger partial charge in [-0.3, -0.25) is 0 Å². The van der Waals surface area contributed by atoms with E-state index in [1.165, 1.54) is 12.1 Å². The Balaban J connectivity index is 1.55. The van der Waals surface area contributed by atoms with Crippen LogP contribution in [0.1, 0.15) is 11.3 Å². The van der Waals surface area contributed by atoms with Crippen molar-refractivity contribution in [2.75, 3.05) is 11.9 Å². The Morgan fingerprint density at radius 1 is 1.12 bits per heavy atom. The van der Waals surface area contributed by atoms with Crippen LogP contribution in [0.5, 0.6) is 0 Å². The Kier molecular flexibility index (Phi) is 4.19. The van der Waals surface area contributed by atoms with Crippen LogP contribution < -0.4 is 5.32 Å². The van der Waals surface area contributed by atoms with E-state index in [0.717, 1.165) is 35.5 Å². The second kappa shape index (κ2) is 6.64. The molecule has 1 aliphatic heterocycles. The molecule has 3 aromatic rings. The molecule has 126 valence electrons. The second-order valence-corrected chi connectivity index (χ2v) is 6.30. The molecule has 0 spiro atoms. The third-order valence-corrected chi connectivity index (χ3v) is 4.62. The standard InChI is InChI=1S/C19H16FN3OS/c20-14-8-6-13(7-9-14)18-16-12-23(11-10-17(16)22-24-18)19(25)21-15-4-2-1-3-5-15/h1-9H,10-12H2,(H,21,25). The summed E-state index contributed by atoms with van der Waals surface area (Å²) in [6, 6.07) is 16.1. The van der Waals surface area contributed by atoms with Gasteiger partial charge in [0.2, 0.25) is 0 Å². The van der Waals surface area contributed by atoms with Gasteiger partial charge in [-0.25, -0.2) is 4.39 Å². The van der Waals surface area contributed by atoms with Gasteiger partial charge in [-0.05, 0) is 48.6 Å². The van der Waals surface area contributed by atoms with Crippen molar-refractivity contribution in [2.24, 2.45) is 0 Å². The van der Waals surface area contributed by atoms with Crippen LogP contribution in [0.2, 0.25) is 0 Å². The molecule has 1 N–H and O–H groups in total. The highest BCUT2D eigenvalue weighted by Crippen LogP contribution is 2.30. The Morgan fingerprint density at radius 3 is 2.64 bits per heavy atom. The fraction of sp³-hybridized carbons (Fsp3) is 0.158. The number of hydrogen-bond donors (Lipinski definition) is 1. The number of anilines is 1. The van der Waals surface area contributed by atoms with E-state index in [0.29, 0.717) is 17.4 Å². The maximum absolute atomic E-state index is 13.2. The highest BCUT2D eigenvalue weighted by molar-refractivity contribution is 7.80. The lowest BCUT2D eigenvalue weighted by Crippen LogP contribution is -2.38. The third kappa shape index (κ3) is 3.25. The Bertz CT molecular complexity index is 893. The maximum Gasteiger partial charge on any atom is 0.173 e. The van der Waals surface area contributed by atoms with Gasteiger partial charge in [0.15, 0.2) is 10.9 Å². The topological polar surface area (TPSA) is 41.3 Å². The summed E-state index contributed by atoms with van der Waals surface area (Å²) in [4.78, 5) is 2.09. The van der Waals surface area contributed by atoms with Crippen molar-refractivity contribution in [3.63, 3.8) is 0 Å². The van der Waals surface area contributed by atoms with Gasteiger partial charge in [0.25, 0.3) is 0 Å². The number of thiocarbonyl (C=S) groups is 1. The van der Waals surface area contributed by atoms with Crippen LogP contribution >= 0.6 is 12.2 Å². The molecule has 6 heteroatoms. The highest BCUT2D eigenvalue weighted by Gasteiger charge is 2.26. The van der Waals surface area contributed by atoms with Crippen LogP contribution in [-0.2, 0) is 13.0 Å². The summed E-state index contributed by atoms with van der Waals surface area (Å²) >= 11 is 5.55. The van der Waals surface area contributed by atoms with E-state index in [1.807, 2.05) is 30.3 Å². The van der Waals surface area contributed by atoms with Crippen LogP contribution in [0, 0.1) is 5.82 Å². The van der Waals surface area contributed by atoms with Crippen molar-refractivity contribution < 1.29 is 8.91 Å². The smallest absolute Gasteiger partial charge is 0.173 e. The summed E-state index contributed by atoms with van der Waals surface area (Å²) in [5.74, 6) is 0.411. The lowest BCUT2D eigenvalue weighted by Gasteiger charge is -2.29. The lowest BCUT2D eigenvalue weighted by atomic mass is 10.0. The summed E-state index contributed by atoms with van der Waals surface area (Å²) in [5, 5.41) is 8.10.